The molecule has 172 valence electrons. The van der Waals surface area contributed by atoms with E-state index in [2.05, 4.69) is 48.2 Å². The van der Waals surface area contributed by atoms with E-state index >= 15 is 0 Å². The van der Waals surface area contributed by atoms with Gasteiger partial charge >= 0.3 is 0 Å². The van der Waals surface area contributed by atoms with Crippen molar-refractivity contribution in [1.29, 1.82) is 0 Å². The van der Waals surface area contributed by atoms with Crippen LogP contribution in [-0.4, -0.2) is 13.7 Å². The summed E-state index contributed by atoms with van der Waals surface area (Å²) < 4.78 is 45.9. The zero-order valence-corrected chi connectivity index (χ0v) is 19.0. The third-order valence-corrected chi connectivity index (χ3v) is 5.82. The van der Waals surface area contributed by atoms with Crippen LogP contribution in [0.4, 0.5) is 13.2 Å². The van der Waals surface area contributed by atoms with Gasteiger partial charge in [0.15, 0.2) is 17.5 Å². The summed E-state index contributed by atoms with van der Waals surface area (Å²) in [5.41, 5.74) is 5.32. The van der Waals surface area contributed by atoms with Gasteiger partial charge in [0.05, 0.1) is 0 Å². The van der Waals surface area contributed by atoms with Gasteiger partial charge in [0.2, 0.25) is 0 Å². The Morgan fingerprint density at radius 2 is 1.21 bits per heavy atom. The van der Waals surface area contributed by atoms with Crippen LogP contribution in [0, 0.1) is 29.3 Å². The average Bonchev–Trinajstić information content (AvgIpc) is 2.86. The van der Waals surface area contributed by atoms with Crippen LogP contribution < -0.4 is 0 Å². The van der Waals surface area contributed by atoms with Crippen LogP contribution in [0.3, 0.4) is 0 Å². The Morgan fingerprint density at radius 1 is 0.647 bits per heavy atom. The van der Waals surface area contributed by atoms with Crippen LogP contribution in [0.15, 0.2) is 72.8 Å². The van der Waals surface area contributed by atoms with Crippen molar-refractivity contribution in [2.45, 2.75) is 25.7 Å². The maximum atomic E-state index is 13.9. The van der Waals surface area contributed by atoms with Crippen LogP contribution in [0.2, 0.25) is 0 Å². The molecule has 4 aromatic carbocycles. The highest BCUT2D eigenvalue weighted by Gasteiger charge is 2.13. The Bertz CT molecular complexity index is 1330. The van der Waals surface area contributed by atoms with Crippen molar-refractivity contribution in [3.8, 4) is 11.8 Å². The minimum Gasteiger partial charge on any atom is -0.385 e. The van der Waals surface area contributed by atoms with Crippen molar-refractivity contribution >= 4 is 10.8 Å². The Hall–Kier alpha value is -3.55. The topological polar surface area (TPSA) is 9.23 Å². The van der Waals surface area contributed by atoms with Crippen LogP contribution in [0.1, 0.15) is 34.2 Å². The number of hydrogen-bond acceptors (Lipinski definition) is 1. The monoisotopic (exact) mass is 458 g/mol. The molecule has 0 unspecified atom stereocenters. The maximum absolute atomic E-state index is 13.9. The van der Waals surface area contributed by atoms with E-state index in [9.17, 15) is 13.2 Å². The molecule has 0 atom stereocenters. The number of hydrogen-bond donors (Lipinski definition) is 0. The van der Waals surface area contributed by atoms with Crippen molar-refractivity contribution in [2.24, 2.45) is 0 Å². The third-order valence-electron chi connectivity index (χ3n) is 5.82. The van der Waals surface area contributed by atoms with Gasteiger partial charge in [-0.3, -0.25) is 0 Å². The smallest absolute Gasteiger partial charge is 0.195 e. The molecule has 4 aromatic rings. The van der Waals surface area contributed by atoms with Crippen LogP contribution in [-0.2, 0) is 24.0 Å². The van der Waals surface area contributed by atoms with E-state index in [0.717, 1.165) is 43.9 Å². The standard InChI is InChI=1S/C30H25F3O/c1-34-18-2-3-21-4-6-22(7-5-21)8-9-23-10-12-24(13-11-23)14-15-25-16-17-27-26(19-25)20-28(31)30(33)29(27)32/h4-7,10-13,16-17,19-20H,2-3,8-9,18H2,1H3. The summed E-state index contributed by atoms with van der Waals surface area (Å²) in [4.78, 5) is 0. The lowest BCUT2D eigenvalue weighted by molar-refractivity contribution is 0.195. The molecule has 0 N–H and O–H groups in total. The SMILES string of the molecule is COCCCc1ccc(CCc2ccc(C#Cc3ccc4c(F)c(F)c(F)cc4c3)cc2)cc1. The van der Waals surface area contributed by atoms with Gasteiger partial charge in [-0.25, -0.2) is 13.2 Å². The van der Waals surface area contributed by atoms with Gasteiger partial charge in [-0.05, 0) is 78.1 Å². The lowest BCUT2D eigenvalue weighted by Gasteiger charge is -2.05. The summed E-state index contributed by atoms with van der Waals surface area (Å²) in [6.45, 7) is 0.783. The Kier molecular flexibility index (Phi) is 7.67. The fraction of sp³-hybridized carbons (Fsp3) is 0.200. The van der Waals surface area contributed by atoms with Crippen molar-refractivity contribution < 1.29 is 17.9 Å². The highest BCUT2D eigenvalue weighted by molar-refractivity contribution is 5.84. The Morgan fingerprint density at radius 3 is 1.85 bits per heavy atom. The van der Waals surface area contributed by atoms with Gasteiger partial charge in [0.1, 0.15) is 0 Å². The summed E-state index contributed by atoms with van der Waals surface area (Å²) in [5, 5.41) is 0.316. The average molecular weight is 459 g/mol. The molecule has 0 aliphatic heterocycles. The molecule has 34 heavy (non-hydrogen) atoms. The lowest BCUT2D eigenvalue weighted by atomic mass is 10.0. The van der Waals surface area contributed by atoms with E-state index in [4.69, 9.17) is 4.74 Å². The number of methoxy groups -OCH3 is 1. The van der Waals surface area contributed by atoms with Gasteiger partial charge in [-0.1, -0.05) is 54.3 Å². The first-order valence-corrected chi connectivity index (χ1v) is 11.3. The molecule has 0 fully saturated rings. The molecule has 4 heteroatoms. The first-order valence-electron chi connectivity index (χ1n) is 11.3. The first kappa shape index (κ1) is 23.6. The largest absolute Gasteiger partial charge is 0.385 e. The second kappa shape index (κ2) is 11.0. The molecular formula is C30H25F3O. The van der Waals surface area contributed by atoms with Crippen molar-refractivity contribution in [1.82, 2.24) is 0 Å². The number of aryl methyl sites for hydroxylation is 3. The molecule has 0 heterocycles. The maximum Gasteiger partial charge on any atom is 0.195 e. The molecule has 0 saturated carbocycles. The van der Waals surface area contributed by atoms with E-state index in [1.54, 1.807) is 19.2 Å². The summed E-state index contributed by atoms with van der Waals surface area (Å²) in [7, 11) is 1.73. The van der Waals surface area contributed by atoms with Gasteiger partial charge in [-0.15, -0.1) is 0 Å². The number of fused-ring (bicyclic) bond motifs is 1. The molecule has 4 rings (SSSR count). The number of ether oxygens (including phenoxy) is 1. The second-order valence-corrected chi connectivity index (χ2v) is 8.28. The predicted octanol–water partition coefficient (Wildman–Crippen LogP) is 7.02. The highest BCUT2D eigenvalue weighted by atomic mass is 19.2. The van der Waals surface area contributed by atoms with Crippen LogP contribution >= 0.6 is 0 Å². The Balaban J connectivity index is 1.37. The highest BCUT2D eigenvalue weighted by Crippen LogP contribution is 2.24. The number of rotatable bonds is 7. The second-order valence-electron chi connectivity index (χ2n) is 8.28. The van der Waals surface area contributed by atoms with E-state index in [1.807, 2.05) is 12.1 Å². The molecule has 0 radical (unpaired) electrons. The van der Waals surface area contributed by atoms with E-state index in [-0.39, 0.29) is 10.8 Å². The third kappa shape index (κ3) is 5.87. The van der Waals surface area contributed by atoms with Gasteiger partial charge < -0.3 is 4.74 Å². The predicted molar refractivity (Wildman–Crippen MR) is 130 cm³/mol. The Labute approximate surface area is 198 Å². The van der Waals surface area contributed by atoms with E-state index in [1.165, 1.54) is 22.8 Å². The molecule has 0 spiro atoms. The summed E-state index contributed by atoms with van der Waals surface area (Å²) in [6.07, 6.45) is 3.97. The summed E-state index contributed by atoms with van der Waals surface area (Å²) in [5.74, 6) is 2.25. The quantitative estimate of drug-likeness (QED) is 0.164. The van der Waals surface area contributed by atoms with Crippen LogP contribution in [0.5, 0.6) is 0 Å². The van der Waals surface area contributed by atoms with Crippen molar-refractivity contribution in [2.75, 3.05) is 13.7 Å². The van der Waals surface area contributed by atoms with Crippen LogP contribution in [0.25, 0.3) is 10.8 Å². The molecule has 0 bridgehead atoms. The molecule has 0 saturated heterocycles. The number of halogens is 3. The molecule has 0 amide bonds. The lowest BCUT2D eigenvalue weighted by Crippen LogP contribution is -1.94. The van der Waals surface area contributed by atoms with Gasteiger partial charge in [0.25, 0.3) is 0 Å². The number of benzene rings is 4. The van der Waals surface area contributed by atoms with Crippen molar-refractivity contribution in [3.05, 3.63) is 118 Å². The molecule has 1 nitrogen and oxygen atoms in total. The molecular weight excluding hydrogens is 433 g/mol. The van der Waals surface area contributed by atoms with Crippen molar-refractivity contribution in [3.63, 3.8) is 0 Å². The zero-order chi connectivity index (χ0) is 23.9. The molecule has 0 aromatic heterocycles. The zero-order valence-electron chi connectivity index (χ0n) is 19.0. The van der Waals surface area contributed by atoms with Gasteiger partial charge in [0, 0.05) is 30.2 Å². The molecule has 0 aliphatic carbocycles. The summed E-state index contributed by atoms with van der Waals surface area (Å²) in [6, 6.07) is 22.4. The first-order chi connectivity index (χ1) is 16.5. The van der Waals surface area contributed by atoms with E-state index in [0.29, 0.717) is 5.56 Å². The van der Waals surface area contributed by atoms with Gasteiger partial charge in [-0.2, -0.15) is 0 Å². The minimum atomic E-state index is -1.46. The van der Waals surface area contributed by atoms with E-state index < -0.39 is 17.5 Å². The fourth-order valence-corrected chi connectivity index (χ4v) is 3.86. The minimum absolute atomic E-state index is 0.0366. The fourth-order valence-electron chi connectivity index (χ4n) is 3.86. The normalized spacial score (nSPS) is 10.8. The summed E-state index contributed by atoms with van der Waals surface area (Å²) >= 11 is 0. The molecule has 0 aliphatic rings.